The topological polar surface area (TPSA) is 86.8 Å². The normalized spacial score (nSPS) is 12.0. The van der Waals surface area contributed by atoms with Gasteiger partial charge in [0.05, 0.1) is 10.6 Å². The van der Waals surface area contributed by atoms with Crippen LogP contribution in [0.15, 0.2) is 77.7 Å². The Kier molecular flexibility index (Phi) is 10.9. The molecule has 0 aromatic heterocycles. The minimum absolute atomic E-state index is 0.106. The summed E-state index contributed by atoms with van der Waals surface area (Å²) in [4.78, 5) is 29.0. The molecule has 0 aliphatic carbocycles. The van der Waals surface area contributed by atoms with E-state index in [-0.39, 0.29) is 17.3 Å². The van der Waals surface area contributed by atoms with E-state index in [0.717, 1.165) is 28.7 Å². The molecule has 0 bridgehead atoms. The first-order chi connectivity index (χ1) is 19.1. The molecule has 0 aliphatic heterocycles. The summed E-state index contributed by atoms with van der Waals surface area (Å²) >= 11 is 0. The summed E-state index contributed by atoms with van der Waals surface area (Å²) in [5.41, 5.74) is 4.11. The fraction of sp³-hybridized carbons (Fsp3) is 0.375. The van der Waals surface area contributed by atoms with Crippen LogP contribution in [0.2, 0.25) is 0 Å². The van der Waals surface area contributed by atoms with Crippen molar-refractivity contribution < 1.29 is 18.0 Å². The molecule has 0 saturated carbocycles. The van der Waals surface area contributed by atoms with Crippen molar-refractivity contribution in [3.8, 4) is 0 Å². The van der Waals surface area contributed by atoms with Crippen molar-refractivity contribution in [3.05, 3.63) is 95.1 Å². The number of carbonyl (C=O) groups is 2. The Morgan fingerprint density at radius 1 is 0.875 bits per heavy atom. The van der Waals surface area contributed by atoms with E-state index in [2.05, 4.69) is 5.32 Å². The standard InChI is InChI=1S/C32H41N3O4S/c1-6-20-33-32(37)29(8-3)34(22-26-13-11-12-25(5)21-26)31(36)23-35(30-15-10-9-14-27(30)7-2)40(38,39)28-18-16-24(4)17-19-28/h9-19,21,29H,6-8,20,22-23H2,1-5H3,(H,33,37). The first kappa shape index (κ1) is 30.9. The molecule has 7 nitrogen and oxygen atoms in total. The molecule has 2 amide bonds. The molecule has 214 valence electrons. The SMILES string of the molecule is CCCNC(=O)C(CC)N(Cc1cccc(C)c1)C(=O)CN(c1ccccc1CC)S(=O)(=O)c1ccc(C)cc1. The van der Waals surface area contributed by atoms with E-state index in [4.69, 9.17) is 0 Å². The second-order valence-corrected chi connectivity index (χ2v) is 11.9. The average molecular weight is 564 g/mol. The number of aryl methyl sites for hydroxylation is 3. The first-order valence-electron chi connectivity index (χ1n) is 13.9. The molecular weight excluding hydrogens is 522 g/mol. The second kappa shape index (κ2) is 14.1. The summed E-state index contributed by atoms with van der Waals surface area (Å²) in [5, 5.41) is 2.92. The van der Waals surface area contributed by atoms with E-state index >= 15 is 0 Å². The number of nitrogens with zero attached hydrogens (tertiary/aromatic N) is 2. The summed E-state index contributed by atoms with van der Waals surface area (Å²) in [6.07, 6.45) is 1.75. The molecule has 3 aromatic carbocycles. The van der Waals surface area contributed by atoms with Gasteiger partial charge in [-0.3, -0.25) is 13.9 Å². The highest BCUT2D eigenvalue weighted by atomic mass is 32.2. The van der Waals surface area contributed by atoms with Crippen molar-refractivity contribution in [2.45, 2.75) is 71.4 Å². The van der Waals surface area contributed by atoms with Gasteiger partial charge in [-0.2, -0.15) is 0 Å². The van der Waals surface area contributed by atoms with Gasteiger partial charge in [-0.15, -0.1) is 0 Å². The maximum absolute atomic E-state index is 14.2. The average Bonchev–Trinajstić information content (AvgIpc) is 2.94. The van der Waals surface area contributed by atoms with Gasteiger partial charge in [0.2, 0.25) is 11.8 Å². The smallest absolute Gasteiger partial charge is 0.264 e. The Bertz CT molecular complexity index is 1400. The summed E-state index contributed by atoms with van der Waals surface area (Å²) < 4.78 is 29.3. The maximum Gasteiger partial charge on any atom is 0.264 e. The number of para-hydroxylation sites is 1. The van der Waals surface area contributed by atoms with E-state index in [1.165, 1.54) is 9.21 Å². The summed E-state index contributed by atoms with van der Waals surface area (Å²) in [6.45, 7) is 9.89. The van der Waals surface area contributed by atoms with E-state index in [9.17, 15) is 18.0 Å². The van der Waals surface area contributed by atoms with E-state index in [1.54, 1.807) is 36.4 Å². The van der Waals surface area contributed by atoms with Crippen molar-refractivity contribution in [1.82, 2.24) is 10.2 Å². The summed E-state index contributed by atoms with van der Waals surface area (Å²) in [5.74, 6) is -0.686. The third-order valence-corrected chi connectivity index (χ3v) is 8.67. The van der Waals surface area contributed by atoms with Crippen molar-refractivity contribution >= 4 is 27.5 Å². The van der Waals surface area contributed by atoms with Gasteiger partial charge in [-0.1, -0.05) is 86.5 Å². The number of rotatable bonds is 13. The molecule has 0 fully saturated rings. The van der Waals surface area contributed by atoms with Gasteiger partial charge in [0, 0.05) is 13.1 Å². The van der Waals surface area contributed by atoms with E-state index in [1.807, 2.05) is 71.0 Å². The number of hydrogen-bond donors (Lipinski definition) is 1. The Hall–Kier alpha value is -3.65. The van der Waals surface area contributed by atoms with Crippen molar-refractivity contribution in [2.75, 3.05) is 17.4 Å². The maximum atomic E-state index is 14.2. The zero-order valence-electron chi connectivity index (χ0n) is 24.2. The van der Waals surface area contributed by atoms with Crippen LogP contribution in [0, 0.1) is 13.8 Å². The number of nitrogens with one attached hydrogen (secondary N) is 1. The van der Waals surface area contributed by atoms with Crippen LogP contribution in [0.25, 0.3) is 0 Å². The third kappa shape index (κ3) is 7.50. The van der Waals surface area contributed by atoms with Gasteiger partial charge in [0.25, 0.3) is 10.0 Å². The molecule has 3 aromatic rings. The van der Waals surface area contributed by atoms with E-state index in [0.29, 0.717) is 25.1 Å². The molecule has 1 unspecified atom stereocenters. The molecule has 0 heterocycles. The van der Waals surface area contributed by atoms with Gasteiger partial charge in [0.1, 0.15) is 12.6 Å². The molecule has 3 rings (SSSR count). The minimum Gasteiger partial charge on any atom is -0.354 e. The zero-order valence-corrected chi connectivity index (χ0v) is 25.0. The van der Waals surface area contributed by atoms with Gasteiger partial charge >= 0.3 is 0 Å². The lowest BCUT2D eigenvalue weighted by Gasteiger charge is -2.33. The predicted molar refractivity (Wildman–Crippen MR) is 161 cm³/mol. The van der Waals surface area contributed by atoms with Crippen LogP contribution in [0.4, 0.5) is 5.69 Å². The van der Waals surface area contributed by atoms with Gasteiger partial charge in [-0.05, 0) is 62.4 Å². The molecular formula is C32H41N3O4S. The Balaban J connectivity index is 2.09. The van der Waals surface area contributed by atoms with Gasteiger partial charge < -0.3 is 10.2 Å². The third-order valence-electron chi connectivity index (χ3n) is 6.90. The number of carbonyl (C=O) groups excluding carboxylic acids is 2. The van der Waals surface area contributed by atoms with Crippen LogP contribution in [0.3, 0.4) is 0 Å². The van der Waals surface area contributed by atoms with Gasteiger partial charge in [-0.25, -0.2) is 8.42 Å². The monoisotopic (exact) mass is 563 g/mol. The number of benzene rings is 3. The fourth-order valence-corrected chi connectivity index (χ4v) is 6.15. The minimum atomic E-state index is -4.09. The number of sulfonamides is 1. The summed E-state index contributed by atoms with van der Waals surface area (Å²) in [6, 6.07) is 20.9. The molecule has 8 heteroatoms. The number of anilines is 1. The van der Waals surface area contributed by atoms with Crippen LogP contribution in [-0.4, -0.2) is 44.3 Å². The fourth-order valence-electron chi connectivity index (χ4n) is 4.70. The highest BCUT2D eigenvalue weighted by Crippen LogP contribution is 2.28. The van der Waals surface area contributed by atoms with Crippen LogP contribution in [0.1, 0.15) is 55.9 Å². The lowest BCUT2D eigenvalue weighted by Crippen LogP contribution is -2.52. The van der Waals surface area contributed by atoms with E-state index < -0.39 is 28.5 Å². The number of hydrogen-bond acceptors (Lipinski definition) is 4. The molecule has 40 heavy (non-hydrogen) atoms. The Morgan fingerprint density at radius 3 is 2.20 bits per heavy atom. The van der Waals surface area contributed by atoms with Crippen molar-refractivity contribution in [3.63, 3.8) is 0 Å². The van der Waals surface area contributed by atoms with Crippen LogP contribution >= 0.6 is 0 Å². The van der Waals surface area contributed by atoms with Crippen molar-refractivity contribution in [1.29, 1.82) is 0 Å². The largest absolute Gasteiger partial charge is 0.354 e. The molecule has 0 aliphatic rings. The first-order valence-corrected chi connectivity index (χ1v) is 15.4. The highest BCUT2D eigenvalue weighted by Gasteiger charge is 2.34. The number of amides is 2. The Labute approximate surface area is 239 Å². The zero-order chi connectivity index (χ0) is 29.3. The quantitative estimate of drug-likeness (QED) is 0.302. The molecule has 0 saturated heterocycles. The Morgan fingerprint density at radius 2 is 1.57 bits per heavy atom. The molecule has 1 N–H and O–H groups in total. The summed E-state index contributed by atoms with van der Waals surface area (Å²) in [7, 11) is -4.09. The molecule has 0 spiro atoms. The lowest BCUT2D eigenvalue weighted by molar-refractivity contribution is -0.140. The highest BCUT2D eigenvalue weighted by molar-refractivity contribution is 7.92. The van der Waals surface area contributed by atoms with Crippen LogP contribution in [0.5, 0.6) is 0 Å². The second-order valence-electron chi connectivity index (χ2n) is 10.0. The van der Waals surface area contributed by atoms with Crippen molar-refractivity contribution in [2.24, 2.45) is 0 Å². The molecule has 0 radical (unpaired) electrons. The van der Waals surface area contributed by atoms with Crippen LogP contribution < -0.4 is 9.62 Å². The molecule has 1 atom stereocenters. The predicted octanol–water partition coefficient (Wildman–Crippen LogP) is 5.39. The van der Waals surface area contributed by atoms with Crippen LogP contribution in [-0.2, 0) is 32.6 Å². The van der Waals surface area contributed by atoms with Gasteiger partial charge in [0.15, 0.2) is 0 Å². The lowest BCUT2D eigenvalue weighted by atomic mass is 10.1.